The summed E-state index contributed by atoms with van der Waals surface area (Å²) in [6.45, 7) is -0.155. The normalized spacial score (nSPS) is 12.4. The Morgan fingerprint density at radius 2 is 1.90 bits per heavy atom. The van der Waals surface area contributed by atoms with E-state index in [4.69, 9.17) is 11.6 Å². The molecule has 0 aliphatic heterocycles. The average molecular weight is 376 g/mol. The maximum atomic E-state index is 14.0. The fourth-order valence-electron chi connectivity index (χ4n) is 2.24. The Kier molecular flexibility index (Phi) is 5.73. The van der Waals surface area contributed by atoms with Crippen molar-refractivity contribution in [2.45, 2.75) is 12.8 Å². The highest BCUT2D eigenvalue weighted by Crippen LogP contribution is 2.25. The SMILES string of the molecule is OCC(Cc1cccc(Cl)c1)Cc1c(F)ccc(Br)c1F. The topological polar surface area (TPSA) is 20.2 Å². The van der Waals surface area contributed by atoms with Crippen LogP contribution in [0.2, 0.25) is 5.02 Å². The van der Waals surface area contributed by atoms with Crippen molar-refractivity contribution in [3.63, 3.8) is 0 Å². The molecule has 0 aliphatic carbocycles. The summed E-state index contributed by atoms with van der Waals surface area (Å²) in [5, 5.41) is 10.1. The first-order valence-electron chi connectivity index (χ1n) is 6.49. The van der Waals surface area contributed by atoms with Crippen molar-refractivity contribution in [3.8, 4) is 0 Å². The van der Waals surface area contributed by atoms with Crippen LogP contribution in [0.4, 0.5) is 8.78 Å². The van der Waals surface area contributed by atoms with E-state index in [1.807, 2.05) is 12.1 Å². The Labute approximate surface area is 135 Å². The minimum atomic E-state index is -0.612. The van der Waals surface area contributed by atoms with Crippen LogP contribution < -0.4 is 0 Å². The van der Waals surface area contributed by atoms with Crippen LogP contribution >= 0.6 is 27.5 Å². The Morgan fingerprint density at radius 3 is 2.57 bits per heavy atom. The molecule has 2 rings (SSSR count). The molecule has 21 heavy (non-hydrogen) atoms. The number of hydrogen-bond donors (Lipinski definition) is 1. The Hall–Kier alpha value is -0.970. The van der Waals surface area contributed by atoms with Crippen molar-refractivity contribution in [3.05, 3.63) is 68.7 Å². The van der Waals surface area contributed by atoms with Gasteiger partial charge in [0.25, 0.3) is 0 Å². The highest BCUT2D eigenvalue weighted by atomic mass is 79.9. The fraction of sp³-hybridized carbons (Fsp3) is 0.250. The fourth-order valence-corrected chi connectivity index (χ4v) is 2.83. The van der Waals surface area contributed by atoms with Gasteiger partial charge in [-0.25, -0.2) is 8.78 Å². The molecule has 0 radical (unpaired) electrons. The first-order valence-corrected chi connectivity index (χ1v) is 7.66. The molecule has 0 spiro atoms. The van der Waals surface area contributed by atoms with E-state index in [-0.39, 0.29) is 29.0 Å². The van der Waals surface area contributed by atoms with Crippen molar-refractivity contribution in [2.24, 2.45) is 5.92 Å². The van der Waals surface area contributed by atoms with Gasteiger partial charge in [0.2, 0.25) is 0 Å². The highest BCUT2D eigenvalue weighted by Gasteiger charge is 2.18. The average Bonchev–Trinajstić information content (AvgIpc) is 2.46. The third-order valence-electron chi connectivity index (χ3n) is 3.30. The van der Waals surface area contributed by atoms with Gasteiger partial charge in [-0.15, -0.1) is 0 Å². The third kappa shape index (κ3) is 4.25. The summed E-state index contributed by atoms with van der Waals surface area (Å²) in [4.78, 5) is 0. The minimum Gasteiger partial charge on any atom is -0.396 e. The number of aliphatic hydroxyl groups is 1. The lowest BCUT2D eigenvalue weighted by Gasteiger charge is -2.16. The molecule has 1 unspecified atom stereocenters. The van der Waals surface area contributed by atoms with Crippen LogP contribution in [-0.2, 0) is 12.8 Å². The van der Waals surface area contributed by atoms with E-state index in [9.17, 15) is 13.9 Å². The molecule has 0 saturated heterocycles. The van der Waals surface area contributed by atoms with Crippen LogP contribution in [0.25, 0.3) is 0 Å². The molecular weight excluding hydrogens is 362 g/mol. The molecule has 0 amide bonds. The molecule has 1 atom stereocenters. The van der Waals surface area contributed by atoms with Gasteiger partial charge < -0.3 is 5.11 Å². The van der Waals surface area contributed by atoms with Crippen LogP contribution in [0.5, 0.6) is 0 Å². The number of rotatable bonds is 5. The van der Waals surface area contributed by atoms with E-state index in [0.717, 1.165) is 5.56 Å². The molecule has 5 heteroatoms. The maximum Gasteiger partial charge on any atom is 0.143 e. The molecule has 0 bridgehead atoms. The number of aliphatic hydroxyl groups excluding tert-OH is 1. The van der Waals surface area contributed by atoms with Crippen LogP contribution in [-0.4, -0.2) is 11.7 Å². The van der Waals surface area contributed by atoms with E-state index in [0.29, 0.717) is 11.4 Å². The van der Waals surface area contributed by atoms with Gasteiger partial charge in [-0.1, -0.05) is 23.7 Å². The van der Waals surface area contributed by atoms with Gasteiger partial charge in [0.15, 0.2) is 0 Å². The lowest BCUT2D eigenvalue weighted by atomic mass is 9.93. The van der Waals surface area contributed by atoms with Gasteiger partial charge in [-0.2, -0.15) is 0 Å². The molecule has 0 aliphatic rings. The Morgan fingerprint density at radius 1 is 1.14 bits per heavy atom. The monoisotopic (exact) mass is 374 g/mol. The summed E-state index contributed by atoms with van der Waals surface area (Å²) in [6.07, 6.45) is 0.628. The first kappa shape index (κ1) is 16.4. The van der Waals surface area contributed by atoms with Crippen molar-refractivity contribution in [1.82, 2.24) is 0 Å². The summed E-state index contributed by atoms with van der Waals surface area (Å²) in [6, 6.07) is 9.79. The van der Waals surface area contributed by atoms with Gasteiger partial charge in [0, 0.05) is 17.2 Å². The molecule has 1 nitrogen and oxygen atoms in total. The van der Waals surface area contributed by atoms with Gasteiger partial charge in [0.05, 0.1) is 4.47 Å². The summed E-state index contributed by atoms with van der Waals surface area (Å²) in [7, 11) is 0. The molecule has 2 aromatic rings. The number of benzene rings is 2. The van der Waals surface area contributed by atoms with Gasteiger partial charge in [0.1, 0.15) is 11.6 Å². The molecule has 0 aromatic heterocycles. The molecule has 112 valence electrons. The summed E-state index contributed by atoms with van der Waals surface area (Å²) < 4.78 is 28.0. The first-order chi connectivity index (χ1) is 10.0. The second kappa shape index (κ2) is 7.34. The summed E-state index contributed by atoms with van der Waals surface area (Å²) in [5.41, 5.74) is 0.919. The number of halogens is 4. The van der Waals surface area contributed by atoms with Crippen molar-refractivity contribution < 1.29 is 13.9 Å². The second-order valence-electron chi connectivity index (χ2n) is 4.91. The van der Waals surface area contributed by atoms with E-state index in [1.165, 1.54) is 12.1 Å². The zero-order valence-electron chi connectivity index (χ0n) is 11.1. The Balaban J connectivity index is 2.18. The van der Waals surface area contributed by atoms with Crippen LogP contribution in [0.1, 0.15) is 11.1 Å². The quantitative estimate of drug-likeness (QED) is 0.746. The van der Waals surface area contributed by atoms with Gasteiger partial charge in [-0.05, 0) is 64.5 Å². The smallest absolute Gasteiger partial charge is 0.143 e. The van der Waals surface area contributed by atoms with Gasteiger partial charge in [-0.3, -0.25) is 0 Å². The van der Waals surface area contributed by atoms with Crippen molar-refractivity contribution >= 4 is 27.5 Å². The van der Waals surface area contributed by atoms with Crippen molar-refractivity contribution in [1.29, 1.82) is 0 Å². The summed E-state index contributed by atoms with van der Waals surface area (Å²) in [5.74, 6) is -1.48. The highest BCUT2D eigenvalue weighted by molar-refractivity contribution is 9.10. The summed E-state index contributed by atoms with van der Waals surface area (Å²) >= 11 is 8.96. The lowest BCUT2D eigenvalue weighted by Crippen LogP contribution is -2.15. The predicted molar refractivity (Wildman–Crippen MR) is 83.5 cm³/mol. The Bertz CT molecular complexity index is 634. The largest absolute Gasteiger partial charge is 0.396 e. The predicted octanol–water partition coefficient (Wildman–Crippen LogP) is 4.77. The van der Waals surface area contributed by atoms with Crippen LogP contribution in [0, 0.1) is 17.6 Å². The van der Waals surface area contributed by atoms with E-state index < -0.39 is 11.6 Å². The van der Waals surface area contributed by atoms with Crippen LogP contribution in [0.15, 0.2) is 40.9 Å². The molecular formula is C16H14BrClF2O. The molecule has 2 aromatic carbocycles. The van der Waals surface area contributed by atoms with Crippen LogP contribution in [0.3, 0.4) is 0 Å². The van der Waals surface area contributed by atoms with Crippen molar-refractivity contribution in [2.75, 3.05) is 6.61 Å². The van der Waals surface area contributed by atoms with E-state index in [2.05, 4.69) is 15.9 Å². The standard InChI is InChI=1S/C16H14BrClF2O/c17-14-4-5-15(19)13(16(14)20)8-11(9-21)6-10-2-1-3-12(18)7-10/h1-5,7,11,21H,6,8-9H2. The second-order valence-corrected chi connectivity index (χ2v) is 6.20. The molecule has 0 heterocycles. The maximum absolute atomic E-state index is 14.0. The number of hydrogen-bond acceptors (Lipinski definition) is 1. The zero-order valence-corrected chi connectivity index (χ0v) is 13.5. The molecule has 0 saturated carbocycles. The molecule has 0 fully saturated rings. The van der Waals surface area contributed by atoms with E-state index in [1.54, 1.807) is 12.1 Å². The van der Waals surface area contributed by atoms with E-state index >= 15 is 0 Å². The molecule has 1 N–H and O–H groups in total. The minimum absolute atomic E-state index is 0.00884. The lowest BCUT2D eigenvalue weighted by molar-refractivity contribution is 0.223. The zero-order chi connectivity index (χ0) is 15.4. The third-order valence-corrected chi connectivity index (χ3v) is 4.15. The van der Waals surface area contributed by atoms with Gasteiger partial charge >= 0.3 is 0 Å².